The van der Waals surface area contributed by atoms with Crippen LogP contribution in [-0.4, -0.2) is 69.9 Å². The maximum atomic E-state index is 12.0. The number of carbonyl (C=O) groups excluding carboxylic acids is 1. The third-order valence-electron chi connectivity index (χ3n) is 3.61. The first kappa shape index (κ1) is 27.4. The molecule has 1 amide bonds. The van der Waals surface area contributed by atoms with Crippen molar-refractivity contribution >= 4 is 35.8 Å². The molecule has 0 aromatic heterocycles. The van der Waals surface area contributed by atoms with E-state index in [9.17, 15) is 18.0 Å². The van der Waals surface area contributed by atoms with Crippen LogP contribution < -0.4 is 10.6 Å². The molecule has 6 nitrogen and oxygen atoms in total. The number of ether oxygens (including phenoxy) is 1. The molecule has 1 aromatic rings. The van der Waals surface area contributed by atoms with Crippen molar-refractivity contribution in [2.45, 2.75) is 25.9 Å². The Morgan fingerprint density at radius 3 is 2.59 bits per heavy atom. The Kier molecular flexibility index (Phi) is 13.7. The van der Waals surface area contributed by atoms with Crippen LogP contribution >= 0.6 is 24.0 Å². The van der Waals surface area contributed by atoms with Crippen LogP contribution in [0.15, 0.2) is 29.3 Å². The van der Waals surface area contributed by atoms with Gasteiger partial charge in [-0.2, -0.15) is 13.2 Å². The molecule has 1 rings (SSSR count). The van der Waals surface area contributed by atoms with E-state index in [-0.39, 0.29) is 36.5 Å². The number of alkyl halides is 3. The highest BCUT2D eigenvalue weighted by Crippen LogP contribution is 2.14. The van der Waals surface area contributed by atoms with E-state index in [2.05, 4.69) is 20.4 Å². The predicted molar refractivity (Wildman–Crippen MR) is 119 cm³/mol. The summed E-state index contributed by atoms with van der Waals surface area (Å²) in [4.78, 5) is 17.9. The van der Waals surface area contributed by atoms with E-state index in [0.29, 0.717) is 44.0 Å². The third-order valence-corrected chi connectivity index (χ3v) is 3.61. The molecule has 0 atom stereocenters. The minimum Gasteiger partial charge on any atom is -0.372 e. The zero-order valence-electron chi connectivity index (χ0n) is 17.0. The summed E-state index contributed by atoms with van der Waals surface area (Å²) >= 11 is 0. The normalized spacial score (nSPS) is 11.6. The number of carbonyl (C=O) groups is 1. The number of nitrogens with one attached hydrogen (secondary N) is 2. The van der Waals surface area contributed by atoms with Gasteiger partial charge in [0.15, 0.2) is 5.96 Å². The average molecular weight is 530 g/mol. The van der Waals surface area contributed by atoms with Crippen molar-refractivity contribution < 1.29 is 22.7 Å². The molecule has 2 N–H and O–H groups in total. The van der Waals surface area contributed by atoms with E-state index in [4.69, 9.17) is 0 Å². The van der Waals surface area contributed by atoms with Gasteiger partial charge in [0, 0.05) is 45.9 Å². The number of amides is 1. The monoisotopic (exact) mass is 530 g/mol. The third kappa shape index (κ3) is 12.6. The molecule has 10 heteroatoms. The Morgan fingerprint density at radius 1 is 1.24 bits per heavy atom. The van der Waals surface area contributed by atoms with Crippen LogP contribution in [0.1, 0.15) is 29.3 Å². The van der Waals surface area contributed by atoms with Crippen LogP contribution in [0.5, 0.6) is 0 Å². The number of guanidine groups is 1. The standard InChI is InChI=1S/C19H29F3N4O2.HI/c1-4-23-18(24-10-6-12-28-14-19(20,21)22)25-11-9-15-7-5-8-16(13-15)17(27)26(2)3;/h5,7-8,13H,4,6,9-12,14H2,1-3H3,(H2,23,24,25);1H. The van der Waals surface area contributed by atoms with Crippen LogP contribution in [0.4, 0.5) is 13.2 Å². The van der Waals surface area contributed by atoms with E-state index in [1.807, 2.05) is 25.1 Å². The van der Waals surface area contributed by atoms with Crippen molar-refractivity contribution in [2.75, 3.05) is 46.9 Å². The summed E-state index contributed by atoms with van der Waals surface area (Å²) in [7, 11) is 3.42. The first-order valence-electron chi connectivity index (χ1n) is 9.20. The first-order chi connectivity index (χ1) is 13.2. The smallest absolute Gasteiger partial charge is 0.372 e. The molecule has 166 valence electrons. The molecule has 0 unspecified atom stereocenters. The lowest BCUT2D eigenvalue weighted by Gasteiger charge is -2.13. The second-order valence-electron chi connectivity index (χ2n) is 6.36. The number of hydrogen-bond donors (Lipinski definition) is 2. The molecule has 29 heavy (non-hydrogen) atoms. The Morgan fingerprint density at radius 2 is 1.97 bits per heavy atom. The van der Waals surface area contributed by atoms with E-state index in [0.717, 1.165) is 5.56 Å². The van der Waals surface area contributed by atoms with Gasteiger partial charge in [0.1, 0.15) is 6.61 Å². The predicted octanol–water partition coefficient (Wildman–Crippen LogP) is 3.07. The lowest BCUT2D eigenvalue weighted by Crippen LogP contribution is -2.38. The Bertz CT molecular complexity index is 640. The molecular formula is C19H30F3IN4O2. The van der Waals surface area contributed by atoms with Crippen LogP contribution in [0.2, 0.25) is 0 Å². The van der Waals surface area contributed by atoms with Gasteiger partial charge < -0.3 is 20.3 Å². The molecule has 0 spiro atoms. The second-order valence-corrected chi connectivity index (χ2v) is 6.36. The molecule has 0 bridgehead atoms. The number of hydrogen-bond acceptors (Lipinski definition) is 3. The number of benzene rings is 1. The van der Waals surface area contributed by atoms with Gasteiger partial charge in [0.05, 0.1) is 0 Å². The molecular weight excluding hydrogens is 500 g/mol. The summed E-state index contributed by atoms with van der Waals surface area (Å²) in [5.74, 6) is 0.552. The summed E-state index contributed by atoms with van der Waals surface area (Å²) in [6.07, 6.45) is -3.19. The van der Waals surface area contributed by atoms with Gasteiger partial charge in [-0.15, -0.1) is 24.0 Å². The van der Waals surface area contributed by atoms with Crippen molar-refractivity contribution in [1.82, 2.24) is 15.5 Å². The number of aliphatic imine (C=N–C) groups is 1. The quantitative estimate of drug-likeness (QED) is 0.211. The fourth-order valence-electron chi connectivity index (χ4n) is 2.33. The minimum atomic E-state index is -4.30. The van der Waals surface area contributed by atoms with E-state index < -0.39 is 12.8 Å². The number of halogens is 4. The van der Waals surface area contributed by atoms with Gasteiger partial charge in [-0.1, -0.05) is 12.1 Å². The maximum absolute atomic E-state index is 12.0. The average Bonchev–Trinajstić information content (AvgIpc) is 2.63. The van der Waals surface area contributed by atoms with Crippen molar-refractivity contribution in [3.8, 4) is 0 Å². The van der Waals surface area contributed by atoms with Gasteiger partial charge >= 0.3 is 6.18 Å². The Balaban J connectivity index is 0.00000784. The summed E-state index contributed by atoms with van der Waals surface area (Å²) in [5.41, 5.74) is 1.67. The Labute approximate surface area is 187 Å². The van der Waals surface area contributed by atoms with Gasteiger partial charge in [-0.25, -0.2) is 0 Å². The zero-order chi connectivity index (χ0) is 21.0. The summed E-state index contributed by atoms with van der Waals surface area (Å²) in [5, 5.41) is 6.26. The summed E-state index contributed by atoms with van der Waals surface area (Å²) < 4.78 is 40.5. The number of nitrogens with zero attached hydrogens (tertiary/aromatic N) is 2. The fourth-order valence-corrected chi connectivity index (χ4v) is 2.33. The molecule has 0 radical (unpaired) electrons. The summed E-state index contributed by atoms with van der Waals surface area (Å²) in [6, 6.07) is 7.46. The van der Waals surface area contributed by atoms with Crippen molar-refractivity contribution in [3.05, 3.63) is 35.4 Å². The lowest BCUT2D eigenvalue weighted by molar-refractivity contribution is -0.173. The van der Waals surface area contributed by atoms with Crippen LogP contribution in [-0.2, 0) is 11.2 Å². The summed E-state index contributed by atoms with van der Waals surface area (Å²) in [6.45, 7) is 2.35. The molecule has 1 aromatic carbocycles. The molecule has 0 saturated carbocycles. The first-order valence-corrected chi connectivity index (χ1v) is 9.20. The fraction of sp³-hybridized carbons (Fsp3) is 0.579. The van der Waals surface area contributed by atoms with E-state index in [1.54, 1.807) is 20.2 Å². The maximum Gasteiger partial charge on any atom is 0.411 e. The van der Waals surface area contributed by atoms with Crippen molar-refractivity contribution in [1.29, 1.82) is 0 Å². The zero-order valence-corrected chi connectivity index (χ0v) is 19.3. The van der Waals surface area contributed by atoms with Crippen molar-refractivity contribution in [2.24, 2.45) is 4.99 Å². The molecule has 0 aliphatic rings. The largest absolute Gasteiger partial charge is 0.411 e. The highest BCUT2D eigenvalue weighted by Gasteiger charge is 2.27. The Hall–Kier alpha value is -1.56. The van der Waals surface area contributed by atoms with Gasteiger partial charge in [-0.3, -0.25) is 9.79 Å². The second kappa shape index (κ2) is 14.4. The van der Waals surface area contributed by atoms with E-state index in [1.165, 1.54) is 4.90 Å². The SMILES string of the molecule is CCNC(=NCCCOCC(F)(F)F)NCCc1cccc(C(=O)N(C)C)c1.I. The van der Waals surface area contributed by atoms with Crippen LogP contribution in [0.25, 0.3) is 0 Å². The molecule has 0 saturated heterocycles. The van der Waals surface area contributed by atoms with Crippen LogP contribution in [0.3, 0.4) is 0 Å². The lowest BCUT2D eigenvalue weighted by atomic mass is 10.1. The van der Waals surface area contributed by atoms with Gasteiger partial charge in [0.25, 0.3) is 5.91 Å². The molecule has 0 aliphatic heterocycles. The van der Waals surface area contributed by atoms with Gasteiger partial charge in [-0.05, 0) is 37.5 Å². The molecule has 0 aliphatic carbocycles. The number of rotatable bonds is 10. The molecule has 0 fully saturated rings. The molecule has 0 heterocycles. The highest BCUT2D eigenvalue weighted by atomic mass is 127. The minimum absolute atomic E-state index is 0. The van der Waals surface area contributed by atoms with Crippen molar-refractivity contribution in [3.63, 3.8) is 0 Å². The highest BCUT2D eigenvalue weighted by molar-refractivity contribution is 14.0. The topological polar surface area (TPSA) is 66.0 Å². The van der Waals surface area contributed by atoms with Crippen LogP contribution in [0, 0.1) is 0 Å². The van der Waals surface area contributed by atoms with Gasteiger partial charge in [0.2, 0.25) is 0 Å². The van der Waals surface area contributed by atoms with E-state index >= 15 is 0 Å².